The first-order chi connectivity index (χ1) is 8.79. The molecule has 0 aliphatic rings. The molecule has 18 heavy (non-hydrogen) atoms. The minimum atomic E-state index is 0.227. The van der Waals surface area contributed by atoms with Crippen molar-refractivity contribution in [2.24, 2.45) is 0 Å². The quantitative estimate of drug-likeness (QED) is 0.874. The third kappa shape index (κ3) is 3.37. The molecule has 0 aliphatic carbocycles. The van der Waals surface area contributed by atoms with E-state index in [-0.39, 0.29) is 6.04 Å². The number of hydrogen-bond acceptors (Lipinski definition) is 3. The molecule has 2 aromatic rings. The summed E-state index contributed by atoms with van der Waals surface area (Å²) < 4.78 is 0. The van der Waals surface area contributed by atoms with E-state index in [1.54, 1.807) is 0 Å². The summed E-state index contributed by atoms with van der Waals surface area (Å²) in [5.41, 5.74) is 3.27. The van der Waals surface area contributed by atoms with E-state index in [9.17, 15) is 0 Å². The van der Waals surface area contributed by atoms with Crippen LogP contribution in [0.4, 0.5) is 0 Å². The fourth-order valence-electron chi connectivity index (χ4n) is 1.96. The minimum absolute atomic E-state index is 0.227. The van der Waals surface area contributed by atoms with Crippen LogP contribution in [0.2, 0.25) is 0 Å². The lowest BCUT2D eigenvalue weighted by Crippen LogP contribution is -2.24. The third-order valence-electron chi connectivity index (χ3n) is 2.89. The lowest BCUT2D eigenvalue weighted by atomic mass is 10.0. The van der Waals surface area contributed by atoms with Crippen molar-refractivity contribution in [2.75, 3.05) is 6.54 Å². The molecule has 0 radical (unpaired) electrons. The van der Waals surface area contributed by atoms with Crippen molar-refractivity contribution in [2.45, 2.75) is 26.3 Å². The lowest BCUT2D eigenvalue weighted by Gasteiger charge is -2.17. The number of aryl methyl sites for hydroxylation is 1. The van der Waals surface area contributed by atoms with Gasteiger partial charge in [-0.05, 0) is 25.5 Å². The smallest absolute Gasteiger partial charge is 0.0759 e. The SMILES string of the molecule is CCNC(Cc1ccccc1)c1cnc(C)cn1. The van der Waals surface area contributed by atoms with Gasteiger partial charge in [0, 0.05) is 6.20 Å². The lowest BCUT2D eigenvalue weighted by molar-refractivity contribution is 0.534. The number of nitrogens with one attached hydrogen (secondary N) is 1. The van der Waals surface area contributed by atoms with Crippen molar-refractivity contribution in [3.05, 3.63) is 59.7 Å². The van der Waals surface area contributed by atoms with Crippen molar-refractivity contribution >= 4 is 0 Å². The second kappa shape index (κ2) is 6.26. The summed E-state index contributed by atoms with van der Waals surface area (Å²) >= 11 is 0. The molecule has 0 fully saturated rings. The molecule has 94 valence electrons. The van der Waals surface area contributed by atoms with E-state index in [1.807, 2.05) is 25.4 Å². The Morgan fingerprint density at radius 2 is 1.89 bits per heavy atom. The van der Waals surface area contributed by atoms with E-state index in [0.29, 0.717) is 0 Å². The van der Waals surface area contributed by atoms with Crippen LogP contribution in [0.5, 0.6) is 0 Å². The Balaban J connectivity index is 2.15. The standard InChI is InChI=1S/C15H19N3/c1-3-16-14(9-13-7-5-4-6-8-13)15-11-17-12(2)10-18-15/h4-8,10-11,14,16H,3,9H2,1-2H3. The van der Waals surface area contributed by atoms with Gasteiger partial charge in [-0.1, -0.05) is 37.3 Å². The van der Waals surface area contributed by atoms with Gasteiger partial charge in [0.05, 0.1) is 23.6 Å². The normalized spacial score (nSPS) is 12.3. The number of aromatic nitrogens is 2. The zero-order chi connectivity index (χ0) is 12.8. The molecule has 0 amide bonds. The van der Waals surface area contributed by atoms with Crippen molar-refractivity contribution in [1.82, 2.24) is 15.3 Å². The zero-order valence-corrected chi connectivity index (χ0v) is 10.9. The minimum Gasteiger partial charge on any atom is -0.309 e. The van der Waals surface area contributed by atoms with Crippen molar-refractivity contribution in [1.29, 1.82) is 0 Å². The molecule has 0 bridgehead atoms. The van der Waals surface area contributed by atoms with Gasteiger partial charge in [-0.15, -0.1) is 0 Å². The molecule has 1 atom stereocenters. The van der Waals surface area contributed by atoms with Crippen LogP contribution in [-0.2, 0) is 6.42 Å². The molecule has 1 heterocycles. The van der Waals surface area contributed by atoms with E-state index in [0.717, 1.165) is 24.4 Å². The van der Waals surface area contributed by atoms with Gasteiger partial charge in [0.2, 0.25) is 0 Å². The Bertz CT molecular complexity index is 465. The van der Waals surface area contributed by atoms with E-state index >= 15 is 0 Å². The van der Waals surface area contributed by atoms with E-state index in [2.05, 4.69) is 46.5 Å². The summed E-state index contributed by atoms with van der Waals surface area (Å²) in [4.78, 5) is 8.79. The molecule has 1 aromatic heterocycles. The average molecular weight is 241 g/mol. The maximum absolute atomic E-state index is 4.47. The monoisotopic (exact) mass is 241 g/mol. The summed E-state index contributed by atoms with van der Waals surface area (Å²) in [6.07, 6.45) is 4.63. The van der Waals surface area contributed by atoms with Crippen LogP contribution in [0.3, 0.4) is 0 Å². The molecule has 0 aliphatic heterocycles. The Kier molecular flexibility index (Phi) is 4.42. The molecule has 0 spiro atoms. The predicted molar refractivity (Wildman–Crippen MR) is 73.3 cm³/mol. The van der Waals surface area contributed by atoms with Gasteiger partial charge >= 0.3 is 0 Å². The summed E-state index contributed by atoms with van der Waals surface area (Å²) in [5, 5.41) is 3.46. The van der Waals surface area contributed by atoms with Gasteiger partial charge in [0.25, 0.3) is 0 Å². The largest absolute Gasteiger partial charge is 0.309 e. The highest BCUT2D eigenvalue weighted by atomic mass is 14.9. The summed E-state index contributed by atoms with van der Waals surface area (Å²) in [6.45, 7) is 4.99. The Hall–Kier alpha value is -1.74. The van der Waals surface area contributed by atoms with Crippen LogP contribution in [0.25, 0.3) is 0 Å². The fourth-order valence-corrected chi connectivity index (χ4v) is 1.96. The van der Waals surface area contributed by atoms with Gasteiger partial charge in [0.15, 0.2) is 0 Å². The van der Waals surface area contributed by atoms with E-state index < -0.39 is 0 Å². The number of likely N-dealkylation sites (N-methyl/N-ethyl adjacent to an activating group) is 1. The summed E-state index contributed by atoms with van der Waals surface area (Å²) in [7, 11) is 0. The average Bonchev–Trinajstić information content (AvgIpc) is 2.40. The molecule has 0 saturated carbocycles. The summed E-state index contributed by atoms with van der Waals surface area (Å²) in [5.74, 6) is 0. The van der Waals surface area contributed by atoms with Crippen molar-refractivity contribution in [3.8, 4) is 0 Å². The van der Waals surface area contributed by atoms with E-state index in [4.69, 9.17) is 0 Å². The topological polar surface area (TPSA) is 37.8 Å². The maximum Gasteiger partial charge on any atom is 0.0759 e. The van der Waals surface area contributed by atoms with Crippen LogP contribution >= 0.6 is 0 Å². The van der Waals surface area contributed by atoms with E-state index in [1.165, 1.54) is 5.56 Å². The van der Waals surface area contributed by atoms with Crippen LogP contribution in [0.15, 0.2) is 42.7 Å². The maximum atomic E-state index is 4.47. The molecule has 1 unspecified atom stereocenters. The van der Waals surface area contributed by atoms with Crippen LogP contribution < -0.4 is 5.32 Å². The molecular weight excluding hydrogens is 222 g/mol. The second-order valence-corrected chi connectivity index (χ2v) is 4.38. The van der Waals surface area contributed by atoms with Gasteiger partial charge in [-0.25, -0.2) is 0 Å². The van der Waals surface area contributed by atoms with Crippen LogP contribution in [-0.4, -0.2) is 16.5 Å². The molecule has 2 rings (SSSR count). The third-order valence-corrected chi connectivity index (χ3v) is 2.89. The van der Waals surface area contributed by atoms with Crippen molar-refractivity contribution < 1.29 is 0 Å². The van der Waals surface area contributed by atoms with Crippen molar-refractivity contribution in [3.63, 3.8) is 0 Å². The first-order valence-electron chi connectivity index (χ1n) is 6.35. The highest BCUT2D eigenvalue weighted by molar-refractivity contribution is 5.18. The molecule has 3 heteroatoms. The predicted octanol–water partition coefficient (Wildman–Crippen LogP) is 2.68. The Labute approximate surface area is 108 Å². The first-order valence-corrected chi connectivity index (χ1v) is 6.35. The number of rotatable bonds is 5. The molecule has 1 N–H and O–H groups in total. The molecule has 1 aromatic carbocycles. The highest BCUT2D eigenvalue weighted by Gasteiger charge is 2.12. The molecule has 0 saturated heterocycles. The molecule has 3 nitrogen and oxygen atoms in total. The number of hydrogen-bond donors (Lipinski definition) is 1. The number of benzene rings is 1. The molecular formula is C15H19N3. The second-order valence-electron chi connectivity index (χ2n) is 4.38. The van der Waals surface area contributed by atoms with Crippen LogP contribution in [0, 0.1) is 6.92 Å². The first kappa shape index (κ1) is 12.7. The fraction of sp³-hybridized carbons (Fsp3) is 0.333. The summed E-state index contributed by atoms with van der Waals surface area (Å²) in [6, 6.07) is 10.7. The van der Waals surface area contributed by atoms with Gasteiger partial charge in [0.1, 0.15) is 0 Å². The Morgan fingerprint density at radius 3 is 2.50 bits per heavy atom. The van der Waals surface area contributed by atoms with Crippen LogP contribution in [0.1, 0.15) is 29.9 Å². The highest BCUT2D eigenvalue weighted by Crippen LogP contribution is 2.15. The zero-order valence-electron chi connectivity index (χ0n) is 10.9. The Morgan fingerprint density at radius 1 is 1.11 bits per heavy atom. The number of nitrogens with zero attached hydrogens (tertiary/aromatic N) is 2. The van der Waals surface area contributed by atoms with Gasteiger partial charge < -0.3 is 5.32 Å². The van der Waals surface area contributed by atoms with Gasteiger partial charge in [-0.3, -0.25) is 9.97 Å². The van der Waals surface area contributed by atoms with Gasteiger partial charge in [-0.2, -0.15) is 0 Å².